The molecule has 18 heavy (non-hydrogen) atoms. The average molecular weight is 262 g/mol. The molecule has 0 saturated heterocycles. The lowest BCUT2D eigenvalue weighted by molar-refractivity contribution is 0.194. The molecule has 0 spiro atoms. The van der Waals surface area contributed by atoms with Gasteiger partial charge in [-0.25, -0.2) is 4.98 Å². The molecule has 3 heteroatoms. The van der Waals surface area contributed by atoms with Gasteiger partial charge >= 0.3 is 0 Å². The number of rotatable bonds is 3. The Morgan fingerprint density at radius 3 is 2.83 bits per heavy atom. The van der Waals surface area contributed by atoms with E-state index in [0.29, 0.717) is 0 Å². The van der Waals surface area contributed by atoms with E-state index in [4.69, 9.17) is 0 Å². The van der Waals surface area contributed by atoms with Crippen molar-refractivity contribution in [3.8, 4) is 6.07 Å². The van der Waals surface area contributed by atoms with E-state index in [2.05, 4.69) is 31.8 Å². The number of nitriles is 1. The molecule has 0 bridgehead atoms. The van der Waals surface area contributed by atoms with Gasteiger partial charge in [0, 0.05) is 11.3 Å². The number of nitrogens with zero attached hydrogens (tertiary/aromatic N) is 2. The Balaban J connectivity index is 2.15. The molecule has 1 heterocycles. The van der Waals surface area contributed by atoms with E-state index in [-0.39, 0.29) is 5.41 Å². The standard InChI is InChI=1S/C15H22N2S/c1-4-13-6-5-7-15(8-13,10-16)9-14-17-11(2)12(3)18-14/h13H,4-9H2,1-3H3. The smallest absolute Gasteiger partial charge is 0.0946 e. The molecule has 0 N–H and O–H groups in total. The second kappa shape index (κ2) is 5.40. The van der Waals surface area contributed by atoms with Crippen LogP contribution in [0.2, 0.25) is 0 Å². The van der Waals surface area contributed by atoms with Gasteiger partial charge in [0.25, 0.3) is 0 Å². The lowest BCUT2D eigenvalue weighted by atomic mass is 9.68. The molecule has 2 rings (SSSR count). The number of aryl methyl sites for hydroxylation is 2. The van der Waals surface area contributed by atoms with Gasteiger partial charge in [-0.2, -0.15) is 5.26 Å². The lowest BCUT2D eigenvalue weighted by Gasteiger charge is -2.34. The molecule has 0 radical (unpaired) electrons. The second-order valence-electron chi connectivity index (χ2n) is 5.69. The average Bonchev–Trinajstić information content (AvgIpc) is 2.68. The molecule has 2 atom stereocenters. The zero-order chi connectivity index (χ0) is 13.2. The highest BCUT2D eigenvalue weighted by Gasteiger charge is 2.37. The first-order valence-electron chi connectivity index (χ1n) is 6.93. The normalized spacial score (nSPS) is 28.0. The Hall–Kier alpha value is -0.880. The summed E-state index contributed by atoms with van der Waals surface area (Å²) in [6.07, 6.45) is 6.69. The van der Waals surface area contributed by atoms with E-state index < -0.39 is 0 Å². The van der Waals surface area contributed by atoms with Gasteiger partial charge in [-0.1, -0.05) is 26.2 Å². The third-order valence-electron chi connectivity index (χ3n) is 4.32. The summed E-state index contributed by atoms with van der Waals surface area (Å²) in [5.41, 5.74) is 0.987. The van der Waals surface area contributed by atoms with Crippen LogP contribution in [0.4, 0.5) is 0 Å². The van der Waals surface area contributed by atoms with Gasteiger partial charge in [0.1, 0.15) is 0 Å². The van der Waals surface area contributed by atoms with Crippen LogP contribution in [0.25, 0.3) is 0 Å². The molecule has 1 fully saturated rings. The van der Waals surface area contributed by atoms with Gasteiger partial charge in [0.2, 0.25) is 0 Å². The van der Waals surface area contributed by atoms with E-state index in [1.807, 2.05) is 0 Å². The predicted octanol–water partition coefficient (Wildman–Crippen LogP) is 4.41. The minimum absolute atomic E-state index is 0.143. The molecule has 1 aromatic heterocycles. The second-order valence-corrected chi connectivity index (χ2v) is 6.98. The summed E-state index contributed by atoms with van der Waals surface area (Å²) in [4.78, 5) is 5.91. The van der Waals surface area contributed by atoms with Crippen LogP contribution >= 0.6 is 11.3 Å². The molecule has 1 aliphatic rings. The van der Waals surface area contributed by atoms with E-state index in [9.17, 15) is 5.26 Å². The van der Waals surface area contributed by atoms with Gasteiger partial charge < -0.3 is 0 Å². The summed E-state index contributed by atoms with van der Waals surface area (Å²) < 4.78 is 0. The van der Waals surface area contributed by atoms with Crippen LogP contribution in [0.5, 0.6) is 0 Å². The number of aromatic nitrogens is 1. The SMILES string of the molecule is CCC1CCCC(C#N)(Cc2nc(C)c(C)s2)C1. The molecular weight excluding hydrogens is 240 g/mol. The zero-order valence-electron chi connectivity index (χ0n) is 11.6. The number of hydrogen-bond donors (Lipinski definition) is 0. The molecule has 1 saturated carbocycles. The van der Waals surface area contributed by atoms with E-state index in [1.165, 1.54) is 24.1 Å². The minimum Gasteiger partial charge on any atom is -0.246 e. The molecule has 2 nitrogen and oxygen atoms in total. The topological polar surface area (TPSA) is 36.7 Å². The van der Waals surface area contributed by atoms with Crippen molar-refractivity contribution in [3.05, 3.63) is 15.6 Å². The molecule has 98 valence electrons. The molecule has 0 aromatic carbocycles. The van der Waals surface area contributed by atoms with Gasteiger partial charge in [0.15, 0.2) is 0 Å². The fourth-order valence-electron chi connectivity index (χ4n) is 3.04. The molecule has 0 amide bonds. The highest BCUT2D eigenvalue weighted by Crippen LogP contribution is 2.43. The molecule has 1 aliphatic carbocycles. The Morgan fingerprint density at radius 2 is 2.28 bits per heavy atom. The van der Waals surface area contributed by atoms with Gasteiger partial charge in [-0.05, 0) is 32.6 Å². The van der Waals surface area contributed by atoms with Gasteiger partial charge in [-0.15, -0.1) is 11.3 Å². The Kier molecular flexibility index (Phi) is 4.07. The minimum atomic E-state index is -0.143. The van der Waals surface area contributed by atoms with E-state index >= 15 is 0 Å². The van der Waals surface area contributed by atoms with Gasteiger partial charge in [0.05, 0.1) is 22.2 Å². The summed E-state index contributed by atoms with van der Waals surface area (Å²) in [6.45, 7) is 6.42. The summed E-state index contributed by atoms with van der Waals surface area (Å²) in [5, 5.41) is 10.8. The van der Waals surface area contributed by atoms with Crippen molar-refractivity contribution >= 4 is 11.3 Å². The Morgan fingerprint density at radius 1 is 1.50 bits per heavy atom. The van der Waals surface area contributed by atoms with E-state index in [0.717, 1.165) is 35.9 Å². The third-order valence-corrected chi connectivity index (χ3v) is 5.40. The molecule has 1 aromatic rings. The summed E-state index contributed by atoms with van der Waals surface area (Å²) in [6, 6.07) is 2.63. The summed E-state index contributed by atoms with van der Waals surface area (Å²) >= 11 is 1.77. The molecular formula is C15H22N2S. The van der Waals surface area contributed by atoms with Crippen LogP contribution in [-0.4, -0.2) is 4.98 Å². The maximum Gasteiger partial charge on any atom is 0.0946 e. The zero-order valence-corrected chi connectivity index (χ0v) is 12.4. The van der Waals surface area contributed by atoms with Crippen LogP contribution in [0, 0.1) is 36.5 Å². The van der Waals surface area contributed by atoms with Crippen LogP contribution in [0.1, 0.15) is 54.6 Å². The largest absolute Gasteiger partial charge is 0.246 e. The maximum atomic E-state index is 9.62. The quantitative estimate of drug-likeness (QED) is 0.809. The third kappa shape index (κ3) is 2.75. The highest BCUT2D eigenvalue weighted by molar-refractivity contribution is 7.11. The van der Waals surface area contributed by atoms with Crippen LogP contribution in [-0.2, 0) is 6.42 Å². The van der Waals surface area contributed by atoms with Crippen molar-refractivity contribution in [2.75, 3.05) is 0 Å². The first-order valence-corrected chi connectivity index (χ1v) is 7.74. The van der Waals surface area contributed by atoms with Crippen molar-refractivity contribution in [2.45, 2.75) is 59.3 Å². The molecule has 0 aliphatic heterocycles. The van der Waals surface area contributed by atoms with E-state index in [1.54, 1.807) is 11.3 Å². The van der Waals surface area contributed by atoms with Crippen molar-refractivity contribution in [1.82, 2.24) is 4.98 Å². The number of hydrogen-bond acceptors (Lipinski definition) is 3. The van der Waals surface area contributed by atoms with Crippen LogP contribution in [0.15, 0.2) is 0 Å². The maximum absolute atomic E-state index is 9.62. The van der Waals surface area contributed by atoms with Crippen molar-refractivity contribution in [1.29, 1.82) is 5.26 Å². The summed E-state index contributed by atoms with van der Waals surface area (Å²) in [5.74, 6) is 0.737. The van der Waals surface area contributed by atoms with Crippen molar-refractivity contribution in [2.24, 2.45) is 11.3 Å². The fourth-order valence-corrected chi connectivity index (χ4v) is 4.12. The fraction of sp³-hybridized carbons (Fsp3) is 0.733. The van der Waals surface area contributed by atoms with Crippen LogP contribution in [0.3, 0.4) is 0 Å². The first kappa shape index (κ1) is 13.5. The number of thiazole rings is 1. The molecule has 2 unspecified atom stereocenters. The monoisotopic (exact) mass is 262 g/mol. The predicted molar refractivity (Wildman–Crippen MR) is 75.6 cm³/mol. The lowest BCUT2D eigenvalue weighted by Crippen LogP contribution is -2.29. The Labute approximate surface area is 114 Å². The van der Waals surface area contributed by atoms with Gasteiger partial charge in [-0.3, -0.25) is 0 Å². The van der Waals surface area contributed by atoms with Crippen molar-refractivity contribution < 1.29 is 0 Å². The van der Waals surface area contributed by atoms with Crippen LogP contribution < -0.4 is 0 Å². The first-order chi connectivity index (χ1) is 8.58. The van der Waals surface area contributed by atoms with Crippen molar-refractivity contribution in [3.63, 3.8) is 0 Å². The Bertz CT molecular complexity index is 438. The summed E-state index contributed by atoms with van der Waals surface area (Å²) in [7, 11) is 0. The highest BCUT2D eigenvalue weighted by atomic mass is 32.1.